The quantitative estimate of drug-likeness (QED) is 0.527. The van der Waals surface area contributed by atoms with Crippen molar-refractivity contribution in [3.8, 4) is 0 Å². The molecule has 0 saturated carbocycles. The van der Waals surface area contributed by atoms with Crippen molar-refractivity contribution in [3.05, 3.63) is 84.4 Å². The van der Waals surface area contributed by atoms with Gasteiger partial charge in [0.2, 0.25) is 6.29 Å². The van der Waals surface area contributed by atoms with Crippen LogP contribution in [0, 0.1) is 11.8 Å². The van der Waals surface area contributed by atoms with Crippen LogP contribution >= 0.6 is 0 Å². The summed E-state index contributed by atoms with van der Waals surface area (Å²) in [6.07, 6.45) is 0.505. The summed E-state index contributed by atoms with van der Waals surface area (Å²) in [5, 5.41) is 0. The lowest BCUT2D eigenvalue weighted by Crippen LogP contribution is -2.52. The van der Waals surface area contributed by atoms with Crippen LogP contribution in [0.2, 0.25) is 0 Å². The lowest BCUT2D eigenvalue weighted by atomic mass is 9.82. The zero-order valence-electron chi connectivity index (χ0n) is 16.7. The van der Waals surface area contributed by atoms with Gasteiger partial charge in [0.25, 0.3) is 0 Å². The van der Waals surface area contributed by atoms with Crippen LogP contribution in [0.1, 0.15) is 41.0 Å². The van der Waals surface area contributed by atoms with Gasteiger partial charge in [-0.25, -0.2) is 9.59 Å². The van der Waals surface area contributed by atoms with Gasteiger partial charge in [0, 0.05) is 5.92 Å². The van der Waals surface area contributed by atoms with Gasteiger partial charge >= 0.3 is 11.9 Å². The predicted octanol–water partition coefficient (Wildman–Crippen LogP) is 4.64. The average Bonchev–Trinajstić information content (AvgIpc) is 2.75. The Morgan fingerprint density at radius 1 is 0.897 bits per heavy atom. The van der Waals surface area contributed by atoms with E-state index in [1.54, 1.807) is 54.6 Å². The molecule has 0 bridgehead atoms. The largest absolute Gasteiger partial charge is 0.452 e. The van der Waals surface area contributed by atoms with Crippen molar-refractivity contribution in [2.24, 2.45) is 11.8 Å². The second-order valence-corrected chi connectivity index (χ2v) is 7.29. The highest BCUT2D eigenvalue weighted by molar-refractivity contribution is 5.90. The van der Waals surface area contributed by atoms with Crippen molar-refractivity contribution in [1.82, 2.24) is 0 Å². The number of ether oxygens (including phenoxy) is 3. The molecular weight excluding hydrogens is 368 g/mol. The van der Waals surface area contributed by atoms with Gasteiger partial charge in [-0.05, 0) is 36.6 Å². The molecular formula is C24H26O5. The van der Waals surface area contributed by atoms with Crippen molar-refractivity contribution in [1.29, 1.82) is 0 Å². The molecule has 1 aliphatic heterocycles. The second kappa shape index (κ2) is 9.52. The van der Waals surface area contributed by atoms with Gasteiger partial charge in [0.05, 0.1) is 17.2 Å². The van der Waals surface area contributed by atoms with Crippen molar-refractivity contribution in [2.75, 3.05) is 0 Å². The van der Waals surface area contributed by atoms with E-state index in [4.69, 9.17) is 14.2 Å². The van der Waals surface area contributed by atoms with Crippen LogP contribution in [0.3, 0.4) is 0 Å². The van der Waals surface area contributed by atoms with Crippen molar-refractivity contribution >= 4 is 11.9 Å². The summed E-state index contributed by atoms with van der Waals surface area (Å²) in [4.78, 5) is 25.2. The Balaban J connectivity index is 1.82. The van der Waals surface area contributed by atoms with Crippen LogP contribution < -0.4 is 0 Å². The molecule has 3 rings (SSSR count). The standard InChI is InChI=1S/C24H26O5/c1-4-11-20-16(2)17(3)21(28-22(25)18-12-7-5-8-13-18)24(27-20)29-23(26)19-14-9-6-10-15-19/h4-10,12-17,20-21,24H,1,11H2,2-3H3/t16-,17-,20-,21?,24?/m1/s1. The number of benzene rings is 2. The van der Waals surface area contributed by atoms with E-state index in [1.165, 1.54) is 0 Å². The Morgan fingerprint density at radius 3 is 1.93 bits per heavy atom. The van der Waals surface area contributed by atoms with Crippen LogP contribution in [-0.4, -0.2) is 30.4 Å². The molecule has 0 spiro atoms. The first-order valence-corrected chi connectivity index (χ1v) is 9.79. The highest BCUT2D eigenvalue weighted by Gasteiger charge is 2.45. The third kappa shape index (κ3) is 4.93. The lowest BCUT2D eigenvalue weighted by Gasteiger charge is -2.43. The Kier molecular flexibility index (Phi) is 6.83. The third-order valence-corrected chi connectivity index (χ3v) is 5.40. The van der Waals surface area contributed by atoms with E-state index in [-0.39, 0.29) is 17.9 Å². The first-order valence-electron chi connectivity index (χ1n) is 9.79. The van der Waals surface area contributed by atoms with Gasteiger partial charge in [0.15, 0.2) is 6.10 Å². The maximum absolute atomic E-state index is 12.6. The number of hydrogen-bond donors (Lipinski definition) is 0. The molecule has 0 aromatic heterocycles. The summed E-state index contributed by atoms with van der Waals surface area (Å²) in [5.41, 5.74) is 0.851. The molecule has 152 valence electrons. The summed E-state index contributed by atoms with van der Waals surface area (Å²) in [5.74, 6) is -0.972. The normalized spacial score (nSPS) is 26.3. The molecule has 0 N–H and O–H groups in total. The molecule has 0 amide bonds. The second-order valence-electron chi connectivity index (χ2n) is 7.29. The van der Waals surface area contributed by atoms with Crippen LogP contribution in [0.4, 0.5) is 0 Å². The van der Waals surface area contributed by atoms with E-state index in [2.05, 4.69) is 6.58 Å². The fourth-order valence-corrected chi connectivity index (χ4v) is 3.47. The number of esters is 2. The molecule has 0 radical (unpaired) electrons. The van der Waals surface area contributed by atoms with Crippen LogP contribution in [-0.2, 0) is 14.2 Å². The van der Waals surface area contributed by atoms with Gasteiger partial charge < -0.3 is 14.2 Å². The minimum atomic E-state index is -0.994. The summed E-state index contributed by atoms with van der Waals surface area (Å²) >= 11 is 0. The average molecular weight is 394 g/mol. The number of rotatable bonds is 6. The highest BCUT2D eigenvalue weighted by atomic mass is 16.7. The van der Waals surface area contributed by atoms with E-state index in [0.29, 0.717) is 17.5 Å². The summed E-state index contributed by atoms with van der Waals surface area (Å²) in [6, 6.07) is 17.4. The molecule has 5 atom stereocenters. The number of carbonyl (C=O) groups excluding carboxylic acids is 2. The molecule has 0 aliphatic carbocycles. The van der Waals surface area contributed by atoms with Crippen LogP contribution in [0.25, 0.3) is 0 Å². The summed E-state index contributed by atoms with van der Waals surface area (Å²) < 4.78 is 17.5. The van der Waals surface area contributed by atoms with E-state index in [9.17, 15) is 9.59 Å². The van der Waals surface area contributed by atoms with Gasteiger partial charge in [-0.3, -0.25) is 0 Å². The van der Waals surface area contributed by atoms with E-state index < -0.39 is 24.3 Å². The molecule has 1 heterocycles. The Morgan fingerprint density at radius 2 is 1.41 bits per heavy atom. The first kappa shape index (κ1) is 20.8. The third-order valence-electron chi connectivity index (χ3n) is 5.40. The molecule has 2 aromatic carbocycles. The van der Waals surface area contributed by atoms with Gasteiger partial charge in [-0.15, -0.1) is 6.58 Å². The first-order chi connectivity index (χ1) is 14.0. The lowest BCUT2D eigenvalue weighted by molar-refractivity contribution is -0.247. The molecule has 5 heteroatoms. The van der Waals surface area contributed by atoms with Crippen molar-refractivity contribution < 1.29 is 23.8 Å². The van der Waals surface area contributed by atoms with Crippen LogP contribution in [0.15, 0.2) is 73.3 Å². The fourth-order valence-electron chi connectivity index (χ4n) is 3.47. The Labute approximate surface area is 171 Å². The molecule has 5 nitrogen and oxygen atoms in total. The zero-order valence-corrected chi connectivity index (χ0v) is 16.7. The molecule has 1 saturated heterocycles. The minimum absolute atomic E-state index is 0.0741. The number of carbonyl (C=O) groups is 2. The number of hydrogen-bond acceptors (Lipinski definition) is 5. The van der Waals surface area contributed by atoms with Gasteiger partial charge in [0.1, 0.15) is 0 Å². The minimum Gasteiger partial charge on any atom is -0.452 e. The maximum Gasteiger partial charge on any atom is 0.340 e. The van der Waals surface area contributed by atoms with Gasteiger partial charge in [-0.2, -0.15) is 0 Å². The zero-order chi connectivity index (χ0) is 20.8. The van der Waals surface area contributed by atoms with Crippen molar-refractivity contribution in [3.63, 3.8) is 0 Å². The topological polar surface area (TPSA) is 61.8 Å². The molecule has 2 aromatic rings. The molecule has 1 fully saturated rings. The van der Waals surface area contributed by atoms with E-state index in [1.807, 2.05) is 26.0 Å². The Hall–Kier alpha value is -2.92. The SMILES string of the molecule is C=CC[C@H]1OC(OC(=O)c2ccccc2)C(OC(=O)c2ccccc2)[C@H](C)[C@H]1C. The predicted molar refractivity (Wildman–Crippen MR) is 109 cm³/mol. The molecule has 29 heavy (non-hydrogen) atoms. The van der Waals surface area contributed by atoms with Crippen LogP contribution in [0.5, 0.6) is 0 Å². The maximum atomic E-state index is 12.6. The van der Waals surface area contributed by atoms with E-state index in [0.717, 1.165) is 0 Å². The smallest absolute Gasteiger partial charge is 0.340 e. The summed E-state index contributed by atoms with van der Waals surface area (Å²) in [6.45, 7) is 7.80. The molecule has 1 aliphatic rings. The van der Waals surface area contributed by atoms with Gasteiger partial charge in [-0.1, -0.05) is 56.3 Å². The Bertz CT molecular complexity index is 833. The van der Waals surface area contributed by atoms with E-state index >= 15 is 0 Å². The fraction of sp³-hybridized carbons (Fsp3) is 0.333. The monoisotopic (exact) mass is 394 g/mol. The highest BCUT2D eigenvalue weighted by Crippen LogP contribution is 2.35. The molecule has 2 unspecified atom stereocenters. The summed E-state index contributed by atoms with van der Waals surface area (Å²) in [7, 11) is 0. The van der Waals surface area contributed by atoms with Crippen molar-refractivity contribution in [2.45, 2.75) is 38.8 Å².